The Kier molecular flexibility index (Phi) is 3.38. The van der Waals surface area contributed by atoms with Crippen LogP contribution in [-0.4, -0.2) is 66.9 Å². The number of ether oxygens (including phenoxy) is 2. The van der Waals surface area contributed by atoms with Crippen molar-refractivity contribution in [3.05, 3.63) is 0 Å². The fraction of sp³-hybridized carbons (Fsp3) is 0.941. The van der Waals surface area contributed by atoms with Crippen LogP contribution in [0.2, 0.25) is 0 Å². The maximum Gasteiger partial charge on any atom is 0.288 e. The van der Waals surface area contributed by atoms with E-state index in [-0.39, 0.29) is 23.7 Å². The highest BCUT2D eigenvalue weighted by atomic mass is 16.8. The molecule has 3 saturated heterocycles. The number of hydrogen-bond acceptors (Lipinski definition) is 4. The molecule has 4 fully saturated rings. The van der Waals surface area contributed by atoms with Crippen LogP contribution in [0.25, 0.3) is 0 Å². The van der Waals surface area contributed by atoms with Crippen LogP contribution in [0.1, 0.15) is 39.5 Å². The zero-order valence-electron chi connectivity index (χ0n) is 14.8. The zero-order valence-corrected chi connectivity index (χ0v) is 14.8. The third-order valence-electron chi connectivity index (χ3n) is 7.20. The Morgan fingerprint density at radius 1 is 1.30 bits per heavy atom. The molecule has 3 aliphatic heterocycles. The SMILES string of the molecule is COC(OC)C1CC2C(=O)N(C)C34CC(C)CCC3C(C)[N+]24O1. The number of nitrogens with zero attached hydrogens (tertiary/aromatic N) is 2. The third kappa shape index (κ3) is 1.56. The average molecular weight is 325 g/mol. The fourth-order valence-electron chi connectivity index (χ4n) is 6.35. The lowest BCUT2D eigenvalue weighted by atomic mass is 9.62. The number of hydrogen-bond donors (Lipinski definition) is 0. The van der Waals surface area contributed by atoms with Crippen molar-refractivity contribution < 1.29 is 23.8 Å². The molecule has 2 spiro atoms. The van der Waals surface area contributed by atoms with Crippen molar-refractivity contribution in [2.75, 3.05) is 21.3 Å². The van der Waals surface area contributed by atoms with Gasteiger partial charge in [-0.3, -0.25) is 9.69 Å². The van der Waals surface area contributed by atoms with Crippen molar-refractivity contribution in [2.45, 2.75) is 69.7 Å². The Morgan fingerprint density at radius 2 is 2.00 bits per heavy atom. The molecular formula is C17H29N2O4+. The van der Waals surface area contributed by atoms with Gasteiger partial charge in [-0.15, -0.1) is 4.65 Å². The van der Waals surface area contributed by atoms with Gasteiger partial charge >= 0.3 is 0 Å². The monoisotopic (exact) mass is 325 g/mol. The molecule has 4 aliphatic rings. The van der Waals surface area contributed by atoms with Crippen molar-refractivity contribution in [3.8, 4) is 0 Å². The minimum Gasteiger partial charge on any atom is -0.353 e. The summed E-state index contributed by atoms with van der Waals surface area (Å²) in [4.78, 5) is 21.7. The van der Waals surface area contributed by atoms with Gasteiger partial charge in [0.25, 0.3) is 5.91 Å². The van der Waals surface area contributed by atoms with Crippen molar-refractivity contribution in [2.24, 2.45) is 11.8 Å². The van der Waals surface area contributed by atoms with Crippen molar-refractivity contribution in [3.63, 3.8) is 0 Å². The first-order valence-corrected chi connectivity index (χ1v) is 8.84. The summed E-state index contributed by atoms with van der Waals surface area (Å²) in [6.07, 6.45) is 3.59. The molecule has 1 saturated carbocycles. The van der Waals surface area contributed by atoms with E-state index in [0.717, 1.165) is 6.42 Å². The Morgan fingerprint density at radius 3 is 2.65 bits per heavy atom. The zero-order chi connectivity index (χ0) is 16.6. The lowest BCUT2D eigenvalue weighted by Crippen LogP contribution is -2.85. The number of carbonyl (C=O) groups is 1. The lowest BCUT2D eigenvalue weighted by Gasteiger charge is -2.66. The van der Waals surface area contributed by atoms with Crippen LogP contribution >= 0.6 is 0 Å². The Bertz CT molecular complexity index is 525. The summed E-state index contributed by atoms with van der Waals surface area (Å²) in [6, 6.07) is 0.259. The Hall–Kier alpha value is -0.690. The first-order chi connectivity index (χ1) is 10.9. The maximum atomic E-state index is 13.0. The predicted molar refractivity (Wildman–Crippen MR) is 82.8 cm³/mol. The van der Waals surface area contributed by atoms with E-state index in [4.69, 9.17) is 14.3 Å². The minimum absolute atomic E-state index is 0.102. The molecule has 0 aromatic carbocycles. The lowest BCUT2D eigenvalue weighted by molar-refractivity contribution is -1.20. The summed E-state index contributed by atoms with van der Waals surface area (Å²) in [5.74, 6) is 1.41. The molecule has 0 aromatic rings. The molecule has 3 heterocycles. The van der Waals surface area contributed by atoms with Crippen LogP contribution in [-0.2, 0) is 19.1 Å². The molecule has 7 unspecified atom stereocenters. The number of methoxy groups -OCH3 is 2. The molecule has 1 aliphatic carbocycles. The fourth-order valence-corrected chi connectivity index (χ4v) is 6.35. The molecule has 130 valence electrons. The normalized spacial score (nSPS) is 51.5. The van der Waals surface area contributed by atoms with Crippen LogP contribution in [0.3, 0.4) is 0 Å². The number of rotatable bonds is 3. The molecule has 6 heteroatoms. The van der Waals surface area contributed by atoms with Gasteiger partial charge in [0.15, 0.2) is 12.4 Å². The van der Waals surface area contributed by atoms with Crippen LogP contribution in [0.4, 0.5) is 0 Å². The van der Waals surface area contributed by atoms with E-state index < -0.39 is 6.29 Å². The number of carbonyl (C=O) groups excluding carboxylic acids is 1. The van der Waals surface area contributed by atoms with Gasteiger partial charge in [-0.05, 0) is 25.7 Å². The molecule has 0 aromatic heterocycles. The van der Waals surface area contributed by atoms with Crippen LogP contribution in [0, 0.1) is 11.8 Å². The second kappa shape index (κ2) is 4.91. The van der Waals surface area contributed by atoms with E-state index in [9.17, 15) is 4.79 Å². The van der Waals surface area contributed by atoms with E-state index >= 15 is 0 Å². The second-order valence-electron chi connectivity index (χ2n) is 7.95. The van der Waals surface area contributed by atoms with Crippen LogP contribution < -0.4 is 0 Å². The first kappa shape index (κ1) is 15.8. The number of quaternary nitrogens is 1. The van der Waals surface area contributed by atoms with Gasteiger partial charge in [-0.2, -0.15) is 4.84 Å². The Labute approximate surface area is 138 Å². The van der Waals surface area contributed by atoms with E-state index in [0.29, 0.717) is 28.9 Å². The van der Waals surface area contributed by atoms with Crippen molar-refractivity contribution in [1.29, 1.82) is 0 Å². The summed E-state index contributed by atoms with van der Waals surface area (Å²) in [5.41, 5.74) is -0.167. The summed E-state index contributed by atoms with van der Waals surface area (Å²) in [6.45, 7) is 4.56. The van der Waals surface area contributed by atoms with Gasteiger partial charge in [0.1, 0.15) is 6.04 Å². The highest BCUT2D eigenvalue weighted by Gasteiger charge is 2.87. The van der Waals surface area contributed by atoms with E-state index in [1.165, 1.54) is 12.8 Å². The van der Waals surface area contributed by atoms with E-state index in [1.54, 1.807) is 14.2 Å². The molecule has 0 radical (unpaired) electrons. The van der Waals surface area contributed by atoms with Gasteiger partial charge in [0, 0.05) is 34.1 Å². The highest BCUT2D eigenvalue weighted by Crippen LogP contribution is 2.67. The van der Waals surface area contributed by atoms with E-state index in [2.05, 4.69) is 13.8 Å². The number of amides is 1. The van der Waals surface area contributed by atoms with Gasteiger partial charge in [0.05, 0.1) is 5.92 Å². The molecule has 0 N–H and O–H groups in total. The largest absolute Gasteiger partial charge is 0.353 e. The van der Waals surface area contributed by atoms with E-state index in [1.807, 2.05) is 11.9 Å². The summed E-state index contributed by atoms with van der Waals surface area (Å²) in [7, 11) is 5.26. The third-order valence-corrected chi connectivity index (χ3v) is 7.20. The first-order valence-electron chi connectivity index (χ1n) is 8.84. The predicted octanol–water partition coefficient (Wildman–Crippen LogP) is 1.50. The van der Waals surface area contributed by atoms with Gasteiger partial charge < -0.3 is 9.47 Å². The average Bonchev–Trinajstić information content (AvgIpc) is 3.01. The topological polar surface area (TPSA) is 48.0 Å². The minimum atomic E-state index is -0.407. The smallest absolute Gasteiger partial charge is 0.288 e. The molecule has 23 heavy (non-hydrogen) atoms. The molecule has 4 rings (SSSR count). The number of likely N-dealkylation sites (N-methyl/N-ethyl adjacent to an activating group) is 1. The molecule has 7 atom stereocenters. The van der Waals surface area contributed by atoms with Gasteiger partial charge in [-0.1, -0.05) is 6.92 Å². The van der Waals surface area contributed by atoms with Gasteiger partial charge in [-0.25, -0.2) is 0 Å². The van der Waals surface area contributed by atoms with Crippen LogP contribution in [0.15, 0.2) is 0 Å². The second-order valence-corrected chi connectivity index (χ2v) is 7.95. The van der Waals surface area contributed by atoms with Gasteiger partial charge in [0.2, 0.25) is 11.7 Å². The summed E-state index contributed by atoms with van der Waals surface area (Å²) in [5, 5.41) is 0. The van der Waals surface area contributed by atoms with Crippen molar-refractivity contribution in [1.82, 2.24) is 4.90 Å². The Balaban J connectivity index is 1.74. The summed E-state index contributed by atoms with van der Waals surface area (Å²) >= 11 is 0. The molecule has 1 amide bonds. The molecule has 0 bridgehead atoms. The van der Waals surface area contributed by atoms with Crippen LogP contribution in [0.5, 0.6) is 0 Å². The number of hydroxylamine groups is 3. The highest BCUT2D eigenvalue weighted by molar-refractivity contribution is 5.83. The quantitative estimate of drug-likeness (QED) is 0.583. The van der Waals surface area contributed by atoms with Crippen molar-refractivity contribution >= 4 is 5.91 Å². The molecular weight excluding hydrogens is 296 g/mol. The summed E-state index contributed by atoms with van der Waals surface area (Å²) < 4.78 is 11.3. The molecule has 6 nitrogen and oxygen atoms in total. The standard InChI is InChI=1S/C17H29N2O4/c1-10-6-7-12-11(2)19-13(8-14(23-19)16(21-4)22-5)15(20)18(3)17(12,19)9-10/h10-14,16H,6-9H2,1-5H3/q+1. The maximum absolute atomic E-state index is 13.0.